The Kier molecular flexibility index (Phi) is 6.48. The first-order valence-corrected chi connectivity index (χ1v) is 10.2. The Balaban J connectivity index is 2.26. The van der Waals surface area contributed by atoms with E-state index in [1.165, 1.54) is 6.42 Å². The average Bonchev–Trinajstić information content (AvgIpc) is 2.55. The first-order valence-electron chi connectivity index (χ1n) is 8.77. The maximum absolute atomic E-state index is 12.7. The SMILES string of the molecule is CCOc1ccc(S(=O)(=O)NC2CCCCC2)cc1[C@@H](C)CC. The van der Waals surface area contributed by atoms with Gasteiger partial charge in [-0.3, -0.25) is 0 Å². The van der Waals surface area contributed by atoms with Crippen molar-refractivity contribution in [3.63, 3.8) is 0 Å². The minimum atomic E-state index is -3.46. The molecule has 1 aliphatic carbocycles. The maximum Gasteiger partial charge on any atom is 0.240 e. The Bertz CT molecular complexity index is 607. The molecule has 0 heterocycles. The molecule has 1 atom stereocenters. The molecule has 0 saturated heterocycles. The summed E-state index contributed by atoms with van der Waals surface area (Å²) in [6.07, 6.45) is 6.24. The van der Waals surface area contributed by atoms with Gasteiger partial charge in [-0.2, -0.15) is 0 Å². The van der Waals surface area contributed by atoms with Crippen LogP contribution < -0.4 is 9.46 Å². The molecule has 1 N–H and O–H groups in total. The van der Waals surface area contributed by atoms with E-state index in [9.17, 15) is 8.42 Å². The van der Waals surface area contributed by atoms with E-state index in [-0.39, 0.29) is 12.0 Å². The van der Waals surface area contributed by atoms with Crippen LogP contribution in [-0.2, 0) is 10.0 Å². The van der Waals surface area contributed by atoms with E-state index in [0.717, 1.165) is 43.4 Å². The summed E-state index contributed by atoms with van der Waals surface area (Å²) >= 11 is 0. The van der Waals surface area contributed by atoms with Crippen LogP contribution in [0.5, 0.6) is 5.75 Å². The maximum atomic E-state index is 12.7. The Labute approximate surface area is 140 Å². The first kappa shape index (κ1) is 18.3. The largest absolute Gasteiger partial charge is 0.494 e. The average molecular weight is 340 g/mol. The predicted octanol–water partition coefficient (Wildman–Crippen LogP) is 4.21. The second kappa shape index (κ2) is 8.15. The zero-order chi connectivity index (χ0) is 16.9. The number of sulfonamides is 1. The molecule has 0 radical (unpaired) electrons. The summed E-state index contributed by atoms with van der Waals surface area (Å²) in [6.45, 7) is 6.72. The minimum Gasteiger partial charge on any atom is -0.494 e. The van der Waals surface area contributed by atoms with Crippen molar-refractivity contribution in [1.29, 1.82) is 0 Å². The van der Waals surface area contributed by atoms with Crippen LogP contribution in [0.3, 0.4) is 0 Å². The lowest BCUT2D eigenvalue weighted by atomic mass is 9.96. The molecule has 2 rings (SSSR count). The Morgan fingerprint density at radius 2 is 1.91 bits per heavy atom. The van der Waals surface area contributed by atoms with E-state index in [2.05, 4.69) is 18.6 Å². The summed E-state index contributed by atoms with van der Waals surface area (Å²) in [4.78, 5) is 0.349. The van der Waals surface area contributed by atoms with Gasteiger partial charge in [-0.25, -0.2) is 13.1 Å². The molecule has 1 aromatic carbocycles. The third-order valence-corrected chi connectivity index (χ3v) is 6.18. The third kappa shape index (κ3) is 4.70. The fraction of sp³-hybridized carbons (Fsp3) is 0.667. The second-order valence-electron chi connectivity index (χ2n) is 6.40. The molecule has 0 aromatic heterocycles. The molecule has 0 unspecified atom stereocenters. The summed E-state index contributed by atoms with van der Waals surface area (Å²) in [5, 5.41) is 0. The Morgan fingerprint density at radius 3 is 2.52 bits per heavy atom. The topological polar surface area (TPSA) is 55.4 Å². The summed E-state index contributed by atoms with van der Waals surface area (Å²) in [6, 6.07) is 5.31. The van der Waals surface area contributed by atoms with Crippen LogP contribution in [0.15, 0.2) is 23.1 Å². The molecule has 0 amide bonds. The second-order valence-corrected chi connectivity index (χ2v) is 8.11. The van der Waals surface area contributed by atoms with Crippen molar-refractivity contribution in [2.24, 2.45) is 0 Å². The van der Waals surface area contributed by atoms with Crippen LogP contribution in [0, 0.1) is 0 Å². The molecule has 4 nitrogen and oxygen atoms in total. The predicted molar refractivity (Wildman–Crippen MR) is 93.5 cm³/mol. The van der Waals surface area contributed by atoms with E-state index in [4.69, 9.17) is 4.74 Å². The van der Waals surface area contributed by atoms with Gasteiger partial charge in [0.25, 0.3) is 0 Å². The molecule has 1 aromatic rings. The van der Waals surface area contributed by atoms with Crippen LogP contribution in [-0.4, -0.2) is 21.1 Å². The number of benzene rings is 1. The van der Waals surface area contributed by atoms with Gasteiger partial charge in [0.15, 0.2) is 0 Å². The monoisotopic (exact) mass is 339 g/mol. The number of rotatable bonds is 7. The van der Waals surface area contributed by atoms with Gasteiger partial charge < -0.3 is 4.74 Å². The number of nitrogens with one attached hydrogen (secondary N) is 1. The van der Waals surface area contributed by atoms with E-state index in [0.29, 0.717) is 11.5 Å². The van der Waals surface area contributed by atoms with E-state index in [1.807, 2.05) is 6.92 Å². The number of hydrogen-bond acceptors (Lipinski definition) is 3. The highest BCUT2D eigenvalue weighted by atomic mass is 32.2. The number of hydrogen-bond donors (Lipinski definition) is 1. The van der Waals surface area contributed by atoms with Gasteiger partial charge in [-0.05, 0) is 55.9 Å². The van der Waals surface area contributed by atoms with Crippen LogP contribution in [0.25, 0.3) is 0 Å². The summed E-state index contributed by atoms with van der Waals surface area (Å²) in [5.74, 6) is 1.06. The van der Waals surface area contributed by atoms with E-state index >= 15 is 0 Å². The molecular weight excluding hydrogens is 310 g/mol. The van der Waals surface area contributed by atoms with Crippen molar-refractivity contribution in [1.82, 2.24) is 4.72 Å². The smallest absolute Gasteiger partial charge is 0.240 e. The number of ether oxygens (including phenoxy) is 1. The Morgan fingerprint density at radius 1 is 1.22 bits per heavy atom. The lowest BCUT2D eigenvalue weighted by Crippen LogP contribution is -2.36. The Hall–Kier alpha value is -1.07. The van der Waals surface area contributed by atoms with Gasteiger partial charge in [0.2, 0.25) is 10.0 Å². The minimum absolute atomic E-state index is 0.0763. The van der Waals surface area contributed by atoms with Crippen molar-refractivity contribution in [2.75, 3.05) is 6.61 Å². The van der Waals surface area contributed by atoms with Gasteiger partial charge >= 0.3 is 0 Å². The normalized spacial score (nSPS) is 17.9. The van der Waals surface area contributed by atoms with E-state index in [1.54, 1.807) is 18.2 Å². The van der Waals surface area contributed by atoms with Gasteiger partial charge in [-0.1, -0.05) is 33.1 Å². The van der Waals surface area contributed by atoms with Gasteiger partial charge in [0.05, 0.1) is 11.5 Å². The molecule has 0 aliphatic heterocycles. The van der Waals surface area contributed by atoms with Crippen molar-refractivity contribution in [3.05, 3.63) is 23.8 Å². The molecule has 0 spiro atoms. The standard InChI is InChI=1S/C18H29NO3S/c1-4-14(3)17-13-16(11-12-18(17)22-5-2)23(20,21)19-15-9-7-6-8-10-15/h11-15,19H,4-10H2,1-3H3/t14-/m0/s1. The lowest BCUT2D eigenvalue weighted by molar-refractivity contribution is 0.334. The zero-order valence-corrected chi connectivity index (χ0v) is 15.3. The molecule has 1 aliphatic rings. The highest BCUT2D eigenvalue weighted by molar-refractivity contribution is 7.89. The molecule has 130 valence electrons. The molecule has 1 saturated carbocycles. The highest BCUT2D eigenvalue weighted by Crippen LogP contribution is 2.31. The van der Waals surface area contributed by atoms with E-state index < -0.39 is 10.0 Å². The molecule has 23 heavy (non-hydrogen) atoms. The molecule has 0 bridgehead atoms. The third-order valence-electron chi connectivity index (χ3n) is 4.66. The van der Waals surface area contributed by atoms with Crippen molar-refractivity contribution in [3.8, 4) is 5.75 Å². The molecule has 5 heteroatoms. The summed E-state index contributed by atoms with van der Waals surface area (Å²) in [7, 11) is -3.46. The highest BCUT2D eigenvalue weighted by Gasteiger charge is 2.23. The summed E-state index contributed by atoms with van der Waals surface area (Å²) < 4.78 is 33.9. The fourth-order valence-corrected chi connectivity index (χ4v) is 4.43. The van der Waals surface area contributed by atoms with Gasteiger partial charge in [0, 0.05) is 6.04 Å². The fourth-order valence-electron chi connectivity index (χ4n) is 3.09. The van der Waals surface area contributed by atoms with Crippen molar-refractivity contribution in [2.45, 2.75) is 76.2 Å². The zero-order valence-electron chi connectivity index (χ0n) is 14.5. The van der Waals surface area contributed by atoms with Crippen LogP contribution >= 0.6 is 0 Å². The quantitative estimate of drug-likeness (QED) is 0.809. The molecule has 1 fully saturated rings. The van der Waals surface area contributed by atoms with Crippen molar-refractivity contribution >= 4 is 10.0 Å². The first-order chi connectivity index (χ1) is 11.0. The van der Waals surface area contributed by atoms with Gasteiger partial charge in [0.1, 0.15) is 5.75 Å². The summed E-state index contributed by atoms with van der Waals surface area (Å²) in [5.41, 5.74) is 0.973. The van der Waals surface area contributed by atoms with Crippen LogP contribution in [0.2, 0.25) is 0 Å². The van der Waals surface area contributed by atoms with Gasteiger partial charge in [-0.15, -0.1) is 0 Å². The van der Waals surface area contributed by atoms with Crippen molar-refractivity contribution < 1.29 is 13.2 Å². The van der Waals surface area contributed by atoms with Crippen LogP contribution in [0.1, 0.15) is 70.8 Å². The molecular formula is C18H29NO3S. The van der Waals surface area contributed by atoms with Crippen LogP contribution in [0.4, 0.5) is 0 Å². The lowest BCUT2D eigenvalue weighted by Gasteiger charge is -2.23.